The van der Waals surface area contributed by atoms with Crippen LogP contribution in [-0.4, -0.2) is 12.2 Å². The highest BCUT2D eigenvalue weighted by molar-refractivity contribution is 4.72. The molecule has 0 aromatic carbocycles. The van der Waals surface area contributed by atoms with Gasteiger partial charge >= 0.3 is 0 Å². The maximum absolute atomic E-state index is 5.66. The minimum Gasteiger partial charge on any atom is -0.376 e. The summed E-state index contributed by atoms with van der Waals surface area (Å²) in [5, 5.41) is 0. The maximum atomic E-state index is 5.66. The molecule has 1 heteroatoms. The van der Waals surface area contributed by atoms with Gasteiger partial charge in [0.2, 0.25) is 0 Å². The minimum atomic E-state index is 0.496. The third-order valence-corrected chi connectivity index (χ3v) is 2.49. The van der Waals surface area contributed by atoms with Gasteiger partial charge in [0.25, 0.3) is 0 Å². The highest BCUT2D eigenvalue weighted by Crippen LogP contribution is 2.27. The fourth-order valence-electron chi connectivity index (χ4n) is 2.19. The Morgan fingerprint density at radius 2 is 1.73 bits per heavy atom. The molecule has 2 unspecified atom stereocenters. The van der Waals surface area contributed by atoms with Crippen molar-refractivity contribution in [2.75, 3.05) is 0 Å². The Kier molecular flexibility index (Phi) is 3.38. The van der Waals surface area contributed by atoms with Crippen molar-refractivity contribution in [3.05, 3.63) is 0 Å². The summed E-state index contributed by atoms with van der Waals surface area (Å²) in [5.41, 5.74) is 0. The molecule has 66 valence electrons. The van der Waals surface area contributed by atoms with Crippen LogP contribution in [0.15, 0.2) is 0 Å². The molecule has 1 nitrogen and oxygen atoms in total. The lowest BCUT2D eigenvalue weighted by atomic mass is 9.89. The molecule has 0 radical (unpaired) electrons. The second kappa shape index (κ2) is 4.10. The zero-order valence-electron chi connectivity index (χ0n) is 7.97. The SMILES string of the molecule is CCCC1CC(C)OC(C)C1. The summed E-state index contributed by atoms with van der Waals surface area (Å²) in [7, 11) is 0. The van der Waals surface area contributed by atoms with Gasteiger partial charge in [-0.3, -0.25) is 0 Å². The average Bonchev–Trinajstić information content (AvgIpc) is 1.85. The van der Waals surface area contributed by atoms with E-state index in [0.29, 0.717) is 12.2 Å². The number of hydrogen-bond acceptors (Lipinski definition) is 1. The van der Waals surface area contributed by atoms with Crippen molar-refractivity contribution in [2.45, 2.75) is 58.7 Å². The fourth-order valence-corrected chi connectivity index (χ4v) is 2.19. The number of hydrogen-bond donors (Lipinski definition) is 0. The van der Waals surface area contributed by atoms with Crippen molar-refractivity contribution in [1.29, 1.82) is 0 Å². The zero-order valence-corrected chi connectivity index (χ0v) is 7.97. The molecule has 0 N–H and O–H groups in total. The Hall–Kier alpha value is -0.0400. The third kappa shape index (κ3) is 2.82. The Balaban J connectivity index is 2.30. The largest absolute Gasteiger partial charge is 0.376 e. The molecule has 1 aliphatic rings. The minimum absolute atomic E-state index is 0.496. The van der Waals surface area contributed by atoms with Crippen LogP contribution in [0.2, 0.25) is 0 Å². The Bertz CT molecular complexity index is 101. The van der Waals surface area contributed by atoms with E-state index in [0.717, 1.165) is 5.92 Å². The fraction of sp³-hybridized carbons (Fsp3) is 1.00. The molecule has 0 bridgehead atoms. The average molecular weight is 156 g/mol. The van der Waals surface area contributed by atoms with Crippen LogP contribution in [0.25, 0.3) is 0 Å². The topological polar surface area (TPSA) is 9.23 Å². The van der Waals surface area contributed by atoms with Crippen LogP contribution < -0.4 is 0 Å². The molecule has 1 fully saturated rings. The lowest BCUT2D eigenvalue weighted by molar-refractivity contribution is -0.0534. The molecule has 0 aromatic rings. The Morgan fingerprint density at radius 1 is 1.18 bits per heavy atom. The summed E-state index contributed by atoms with van der Waals surface area (Å²) in [6, 6.07) is 0. The van der Waals surface area contributed by atoms with E-state index in [1.165, 1.54) is 25.7 Å². The first-order chi connectivity index (χ1) is 5.22. The van der Waals surface area contributed by atoms with Gasteiger partial charge in [0.1, 0.15) is 0 Å². The van der Waals surface area contributed by atoms with Crippen LogP contribution in [0.4, 0.5) is 0 Å². The first-order valence-electron chi connectivity index (χ1n) is 4.87. The lowest BCUT2D eigenvalue weighted by Crippen LogP contribution is -2.29. The van der Waals surface area contributed by atoms with Gasteiger partial charge in [-0.1, -0.05) is 19.8 Å². The van der Waals surface area contributed by atoms with Gasteiger partial charge in [-0.15, -0.1) is 0 Å². The Morgan fingerprint density at radius 3 is 2.18 bits per heavy atom. The first-order valence-corrected chi connectivity index (χ1v) is 4.87. The summed E-state index contributed by atoms with van der Waals surface area (Å²) < 4.78 is 5.66. The molecule has 1 heterocycles. The summed E-state index contributed by atoms with van der Waals surface area (Å²) in [5.74, 6) is 0.929. The zero-order chi connectivity index (χ0) is 8.27. The van der Waals surface area contributed by atoms with Crippen LogP contribution in [-0.2, 0) is 4.74 Å². The quantitative estimate of drug-likeness (QED) is 0.597. The standard InChI is InChI=1S/C10H20O/c1-4-5-10-6-8(2)11-9(3)7-10/h8-10H,4-7H2,1-3H3. The molecular formula is C10H20O. The van der Waals surface area contributed by atoms with E-state index >= 15 is 0 Å². The van der Waals surface area contributed by atoms with Gasteiger partial charge in [0, 0.05) is 0 Å². The van der Waals surface area contributed by atoms with Crippen molar-refractivity contribution in [2.24, 2.45) is 5.92 Å². The molecule has 1 aliphatic heterocycles. The summed E-state index contributed by atoms with van der Waals surface area (Å²) in [4.78, 5) is 0. The molecular weight excluding hydrogens is 136 g/mol. The maximum Gasteiger partial charge on any atom is 0.0553 e. The van der Waals surface area contributed by atoms with E-state index in [1.807, 2.05) is 0 Å². The summed E-state index contributed by atoms with van der Waals surface area (Å²) >= 11 is 0. The van der Waals surface area contributed by atoms with Crippen LogP contribution in [0.1, 0.15) is 46.5 Å². The molecule has 0 spiro atoms. The molecule has 1 rings (SSSR count). The van der Waals surface area contributed by atoms with Gasteiger partial charge in [-0.05, 0) is 32.6 Å². The van der Waals surface area contributed by atoms with Gasteiger partial charge in [-0.25, -0.2) is 0 Å². The van der Waals surface area contributed by atoms with Gasteiger partial charge in [0.05, 0.1) is 12.2 Å². The highest BCUT2D eigenvalue weighted by atomic mass is 16.5. The molecule has 11 heavy (non-hydrogen) atoms. The van der Waals surface area contributed by atoms with Crippen LogP contribution in [0.3, 0.4) is 0 Å². The molecule has 2 atom stereocenters. The van der Waals surface area contributed by atoms with E-state index < -0.39 is 0 Å². The van der Waals surface area contributed by atoms with Crippen LogP contribution in [0, 0.1) is 5.92 Å². The monoisotopic (exact) mass is 156 g/mol. The van der Waals surface area contributed by atoms with E-state index in [9.17, 15) is 0 Å². The van der Waals surface area contributed by atoms with Crippen LogP contribution >= 0.6 is 0 Å². The van der Waals surface area contributed by atoms with E-state index in [1.54, 1.807) is 0 Å². The van der Waals surface area contributed by atoms with Crippen molar-refractivity contribution in [3.8, 4) is 0 Å². The smallest absolute Gasteiger partial charge is 0.0553 e. The summed E-state index contributed by atoms with van der Waals surface area (Å²) in [6.45, 7) is 6.65. The molecule has 0 aromatic heterocycles. The predicted octanol–water partition coefficient (Wildman–Crippen LogP) is 2.99. The highest BCUT2D eigenvalue weighted by Gasteiger charge is 2.23. The normalized spacial score (nSPS) is 39.0. The van der Waals surface area contributed by atoms with Crippen molar-refractivity contribution < 1.29 is 4.74 Å². The Labute approximate surface area is 70.1 Å². The van der Waals surface area contributed by atoms with Gasteiger partial charge in [0.15, 0.2) is 0 Å². The van der Waals surface area contributed by atoms with Gasteiger partial charge < -0.3 is 4.74 Å². The van der Waals surface area contributed by atoms with Crippen molar-refractivity contribution in [1.82, 2.24) is 0 Å². The van der Waals surface area contributed by atoms with Crippen molar-refractivity contribution in [3.63, 3.8) is 0 Å². The second-order valence-electron chi connectivity index (χ2n) is 3.88. The van der Waals surface area contributed by atoms with E-state index in [-0.39, 0.29) is 0 Å². The molecule has 1 saturated heterocycles. The van der Waals surface area contributed by atoms with Crippen molar-refractivity contribution >= 4 is 0 Å². The van der Waals surface area contributed by atoms with Crippen LogP contribution in [0.5, 0.6) is 0 Å². The molecule has 0 aliphatic carbocycles. The number of ether oxygens (including phenoxy) is 1. The molecule has 0 amide bonds. The summed E-state index contributed by atoms with van der Waals surface area (Å²) in [6.07, 6.45) is 6.25. The number of rotatable bonds is 2. The first kappa shape index (κ1) is 9.05. The third-order valence-electron chi connectivity index (χ3n) is 2.49. The van der Waals surface area contributed by atoms with Gasteiger partial charge in [-0.2, -0.15) is 0 Å². The lowest BCUT2D eigenvalue weighted by Gasteiger charge is -2.31. The van der Waals surface area contributed by atoms with E-state index in [2.05, 4.69) is 20.8 Å². The van der Waals surface area contributed by atoms with E-state index in [4.69, 9.17) is 4.74 Å². The predicted molar refractivity (Wildman–Crippen MR) is 47.6 cm³/mol. The molecule has 0 saturated carbocycles. The second-order valence-corrected chi connectivity index (χ2v) is 3.88.